The van der Waals surface area contributed by atoms with Crippen LogP contribution >= 0.6 is 11.3 Å². The summed E-state index contributed by atoms with van der Waals surface area (Å²) < 4.78 is 5.73. The summed E-state index contributed by atoms with van der Waals surface area (Å²) in [5, 5.41) is 27.6. The van der Waals surface area contributed by atoms with Crippen molar-refractivity contribution < 1.29 is 24.5 Å². The molecule has 3 N–H and O–H groups in total. The number of carbonyl (C=O) groups is 2. The molecule has 1 aromatic rings. The van der Waals surface area contributed by atoms with Gasteiger partial charge in [0.2, 0.25) is 0 Å². The van der Waals surface area contributed by atoms with Crippen molar-refractivity contribution in [3.05, 3.63) is 33.8 Å². The molecule has 2 rings (SSSR count). The molecule has 184 valence electrons. The predicted octanol–water partition coefficient (Wildman–Crippen LogP) is 3.30. The van der Waals surface area contributed by atoms with Gasteiger partial charge < -0.3 is 20.3 Å². The molecule has 0 amide bonds. The Labute approximate surface area is 201 Å². The van der Waals surface area contributed by atoms with E-state index in [2.05, 4.69) is 10.3 Å². The van der Waals surface area contributed by atoms with E-state index in [0.29, 0.717) is 19.5 Å². The first-order valence-corrected chi connectivity index (χ1v) is 12.4. The van der Waals surface area contributed by atoms with Gasteiger partial charge in [0.1, 0.15) is 11.9 Å². The summed E-state index contributed by atoms with van der Waals surface area (Å²) in [7, 11) is 0. The lowest BCUT2D eigenvalue weighted by Crippen LogP contribution is -2.46. The van der Waals surface area contributed by atoms with Crippen molar-refractivity contribution >= 4 is 29.2 Å². The van der Waals surface area contributed by atoms with Gasteiger partial charge in [0, 0.05) is 30.8 Å². The lowest BCUT2D eigenvalue weighted by atomic mass is 9.73. The van der Waals surface area contributed by atoms with Gasteiger partial charge in [-0.3, -0.25) is 9.59 Å². The van der Waals surface area contributed by atoms with E-state index in [1.807, 2.05) is 44.4 Å². The number of aliphatic hydroxyl groups excluding tert-OH is 2. The van der Waals surface area contributed by atoms with Crippen LogP contribution in [0.15, 0.2) is 23.1 Å². The Morgan fingerprint density at radius 3 is 2.61 bits per heavy atom. The molecule has 1 aliphatic rings. The molecule has 2 heterocycles. The maximum Gasteiger partial charge on any atom is 0.309 e. The van der Waals surface area contributed by atoms with Gasteiger partial charge in [-0.05, 0) is 31.4 Å². The summed E-state index contributed by atoms with van der Waals surface area (Å²) in [5.74, 6) is -1.68. The van der Waals surface area contributed by atoms with E-state index >= 15 is 0 Å². The summed E-state index contributed by atoms with van der Waals surface area (Å²) in [6.45, 7) is 11.8. The molecule has 0 saturated carbocycles. The number of ether oxygens (including phenoxy) is 1. The van der Waals surface area contributed by atoms with Gasteiger partial charge in [0.05, 0.1) is 34.7 Å². The van der Waals surface area contributed by atoms with Gasteiger partial charge in [-0.1, -0.05) is 39.8 Å². The Kier molecular flexibility index (Phi) is 9.97. The van der Waals surface area contributed by atoms with Crippen LogP contribution in [-0.2, 0) is 14.3 Å². The summed E-state index contributed by atoms with van der Waals surface area (Å²) in [6.07, 6.45) is 3.40. The number of nitrogens with zero attached hydrogens (tertiary/aromatic N) is 1. The Balaban J connectivity index is 2.27. The van der Waals surface area contributed by atoms with E-state index in [9.17, 15) is 19.8 Å². The molecular weight excluding hydrogens is 440 g/mol. The topological polar surface area (TPSA) is 109 Å². The monoisotopic (exact) mass is 478 g/mol. The number of Topliss-reactive ketones (excluding diaryl/α,β-unsaturated/α-hetero) is 1. The number of nitrogens with one attached hydrogen (secondary N) is 1. The number of thiazole rings is 1. The summed E-state index contributed by atoms with van der Waals surface area (Å²) in [6, 6.07) is 0. The van der Waals surface area contributed by atoms with Crippen molar-refractivity contribution in [1.82, 2.24) is 10.3 Å². The Morgan fingerprint density at radius 2 is 1.97 bits per heavy atom. The molecule has 0 aromatic carbocycles. The zero-order chi connectivity index (χ0) is 24.8. The highest BCUT2D eigenvalue weighted by Gasteiger charge is 2.42. The SMILES string of the molecule is CC(=Cc1csc(C)n1)C1C/C=C\CNCC(C)C(O)C(C)C(=O)C(C)(C)C(O)CC(=O)O1. The third kappa shape index (κ3) is 7.57. The highest BCUT2D eigenvalue weighted by molar-refractivity contribution is 7.09. The number of rotatable bonds is 2. The maximum atomic E-state index is 13.1. The quantitative estimate of drug-likeness (QED) is 0.442. The second-order valence-corrected chi connectivity index (χ2v) is 10.6. The third-order valence-corrected chi connectivity index (χ3v) is 7.17. The number of hydrogen-bond acceptors (Lipinski definition) is 8. The fourth-order valence-corrected chi connectivity index (χ4v) is 4.51. The summed E-state index contributed by atoms with van der Waals surface area (Å²) in [4.78, 5) is 30.3. The molecule has 7 nitrogen and oxygen atoms in total. The first kappa shape index (κ1) is 27.4. The zero-order valence-corrected chi connectivity index (χ0v) is 21.3. The molecule has 0 radical (unpaired) electrons. The van der Waals surface area contributed by atoms with Crippen LogP contribution in [0.1, 0.15) is 58.2 Å². The number of ketones is 1. The lowest BCUT2D eigenvalue weighted by molar-refractivity contribution is -0.154. The van der Waals surface area contributed by atoms with Gasteiger partial charge in [-0.15, -0.1) is 11.3 Å². The van der Waals surface area contributed by atoms with Crippen molar-refractivity contribution in [3.8, 4) is 0 Å². The summed E-state index contributed by atoms with van der Waals surface area (Å²) >= 11 is 1.55. The lowest BCUT2D eigenvalue weighted by Gasteiger charge is -2.34. The maximum absolute atomic E-state index is 13.1. The normalized spacial score (nSPS) is 31.8. The van der Waals surface area contributed by atoms with E-state index in [0.717, 1.165) is 16.3 Å². The minimum Gasteiger partial charge on any atom is -0.457 e. The largest absolute Gasteiger partial charge is 0.457 e. The van der Waals surface area contributed by atoms with Crippen molar-refractivity contribution in [1.29, 1.82) is 0 Å². The molecule has 0 spiro atoms. The number of aromatic nitrogens is 1. The minimum absolute atomic E-state index is 0.150. The van der Waals surface area contributed by atoms with Crippen molar-refractivity contribution in [2.75, 3.05) is 13.1 Å². The fraction of sp³-hybridized carbons (Fsp3) is 0.640. The Hall–Kier alpha value is -1.87. The number of cyclic esters (lactones) is 1. The molecule has 8 heteroatoms. The molecule has 0 saturated heterocycles. The van der Waals surface area contributed by atoms with Gasteiger partial charge in [-0.25, -0.2) is 4.98 Å². The molecule has 1 aliphatic heterocycles. The molecule has 0 bridgehead atoms. The molecule has 0 fully saturated rings. The molecule has 1 aromatic heterocycles. The van der Waals surface area contributed by atoms with Crippen molar-refractivity contribution in [3.63, 3.8) is 0 Å². The van der Waals surface area contributed by atoms with Gasteiger partial charge in [0.15, 0.2) is 0 Å². The number of carbonyl (C=O) groups excluding carboxylic acids is 2. The standard InChI is InChI=1S/C25H38N2O5S/c1-15(11-19-14-33-18(4)27-19)20-9-7-8-10-26-13-16(2)23(30)17(3)24(31)25(5,6)21(28)12-22(29)32-20/h7-8,11,14,16-17,20-21,23,26,28,30H,9-10,12-13H2,1-6H3/b8-7-,15-11?. The van der Waals surface area contributed by atoms with Gasteiger partial charge in [-0.2, -0.15) is 0 Å². The van der Waals surface area contributed by atoms with Crippen LogP contribution in [0.2, 0.25) is 0 Å². The van der Waals surface area contributed by atoms with Crippen LogP contribution in [0.3, 0.4) is 0 Å². The molecule has 5 unspecified atom stereocenters. The zero-order valence-electron chi connectivity index (χ0n) is 20.5. The predicted molar refractivity (Wildman–Crippen MR) is 131 cm³/mol. The van der Waals surface area contributed by atoms with Crippen LogP contribution in [0.25, 0.3) is 6.08 Å². The molecule has 33 heavy (non-hydrogen) atoms. The van der Waals surface area contributed by atoms with Crippen LogP contribution in [-0.4, -0.2) is 58.4 Å². The van der Waals surface area contributed by atoms with Crippen LogP contribution in [0.5, 0.6) is 0 Å². The number of aryl methyl sites for hydroxylation is 1. The third-order valence-electron chi connectivity index (χ3n) is 6.38. The molecular formula is C25H38N2O5S. The second kappa shape index (κ2) is 12.0. The smallest absolute Gasteiger partial charge is 0.309 e. The first-order valence-electron chi connectivity index (χ1n) is 11.5. The van der Waals surface area contributed by atoms with Crippen molar-refractivity contribution in [2.45, 2.75) is 72.7 Å². The Morgan fingerprint density at radius 1 is 1.27 bits per heavy atom. The highest BCUT2D eigenvalue weighted by Crippen LogP contribution is 2.31. The summed E-state index contributed by atoms with van der Waals surface area (Å²) in [5.41, 5.74) is 0.460. The average molecular weight is 479 g/mol. The fourth-order valence-electron chi connectivity index (χ4n) is 3.94. The van der Waals surface area contributed by atoms with E-state index in [1.165, 1.54) is 0 Å². The number of hydrogen-bond donors (Lipinski definition) is 3. The molecule has 0 aliphatic carbocycles. The second-order valence-electron chi connectivity index (χ2n) is 9.59. The molecule has 5 atom stereocenters. The number of esters is 1. The number of aliphatic hydroxyl groups is 2. The van der Waals surface area contributed by atoms with Crippen molar-refractivity contribution in [2.24, 2.45) is 17.3 Å². The van der Waals surface area contributed by atoms with E-state index in [4.69, 9.17) is 4.74 Å². The van der Waals surface area contributed by atoms with E-state index < -0.39 is 35.6 Å². The average Bonchev–Trinajstić information content (AvgIpc) is 3.16. The van der Waals surface area contributed by atoms with Crippen LogP contribution < -0.4 is 5.32 Å². The first-order chi connectivity index (χ1) is 15.4. The highest BCUT2D eigenvalue weighted by atomic mass is 32.1. The van der Waals surface area contributed by atoms with Gasteiger partial charge >= 0.3 is 5.97 Å². The van der Waals surface area contributed by atoms with Gasteiger partial charge in [0.25, 0.3) is 0 Å². The van der Waals surface area contributed by atoms with Crippen LogP contribution in [0.4, 0.5) is 0 Å². The van der Waals surface area contributed by atoms with Crippen LogP contribution in [0, 0.1) is 24.2 Å². The van der Waals surface area contributed by atoms with E-state index in [1.54, 1.807) is 32.1 Å². The Bertz CT molecular complexity index is 876. The van der Waals surface area contributed by atoms with E-state index in [-0.39, 0.29) is 18.1 Å². The minimum atomic E-state index is -1.23.